The van der Waals surface area contributed by atoms with E-state index in [0.717, 1.165) is 17.0 Å². The highest BCUT2D eigenvalue weighted by Crippen LogP contribution is 2.31. The number of imide groups is 1. The zero-order valence-corrected chi connectivity index (χ0v) is 21.2. The van der Waals surface area contributed by atoms with Crippen molar-refractivity contribution < 1.29 is 52.6 Å². The smallest absolute Gasteiger partial charge is 0.534 e. The minimum absolute atomic E-state index is 0.0579. The van der Waals surface area contributed by atoms with Crippen molar-refractivity contribution in [3.05, 3.63) is 58.7 Å². The number of phenols is 1. The standard InChI is InChI=1S/C24H24BF2N5O9/c26-16-12(4-5-14(33)17(16)27)18(30-24(39)32-9-8-31(7-6-28)21(35)22(32)36)20(34)29-15-10-11-2-1-3-13(23(37)38)19(11)41-25(15)40/h1-5,15,18,33,40H,6-10,28H2,(H,29,34)(H,30,39)(H,37,38)/t15-,18-/m0/s1. The number of carboxylic acid groups (broad SMARTS) is 1. The lowest BCUT2D eigenvalue weighted by Crippen LogP contribution is -2.60. The fourth-order valence-corrected chi connectivity index (χ4v) is 4.48. The number of rotatable bonds is 7. The number of piperazine rings is 1. The summed E-state index contributed by atoms with van der Waals surface area (Å²) in [5.41, 5.74) is 4.75. The van der Waals surface area contributed by atoms with Gasteiger partial charge in [0, 0.05) is 31.7 Å². The molecule has 5 amide bonds. The summed E-state index contributed by atoms with van der Waals surface area (Å²) in [6, 6.07) is 2.43. The lowest BCUT2D eigenvalue weighted by molar-refractivity contribution is -0.153. The number of nitrogens with one attached hydrogen (secondary N) is 2. The molecule has 0 spiro atoms. The number of para-hydroxylation sites is 1. The van der Waals surface area contributed by atoms with Gasteiger partial charge in [0.15, 0.2) is 11.6 Å². The van der Waals surface area contributed by atoms with Crippen molar-refractivity contribution in [2.45, 2.75) is 18.4 Å². The Labute approximate surface area is 230 Å². The second-order valence-electron chi connectivity index (χ2n) is 9.15. The molecule has 0 saturated carbocycles. The van der Waals surface area contributed by atoms with Crippen LogP contribution in [-0.4, -0.2) is 94.0 Å². The molecule has 4 rings (SSSR count). The van der Waals surface area contributed by atoms with Crippen LogP contribution >= 0.6 is 0 Å². The van der Waals surface area contributed by atoms with Crippen LogP contribution in [0, 0.1) is 11.6 Å². The molecule has 0 bridgehead atoms. The van der Waals surface area contributed by atoms with Crippen LogP contribution in [0.1, 0.15) is 27.5 Å². The largest absolute Gasteiger partial charge is 0.547 e. The summed E-state index contributed by atoms with van der Waals surface area (Å²) >= 11 is 0. The molecule has 41 heavy (non-hydrogen) atoms. The van der Waals surface area contributed by atoms with Gasteiger partial charge in [-0.1, -0.05) is 12.1 Å². The highest BCUT2D eigenvalue weighted by atomic mass is 19.2. The number of carboxylic acids is 1. The van der Waals surface area contributed by atoms with E-state index in [2.05, 4.69) is 10.6 Å². The van der Waals surface area contributed by atoms with Crippen LogP contribution in [0.2, 0.25) is 0 Å². The Bertz CT molecular complexity index is 1430. The van der Waals surface area contributed by atoms with Crippen LogP contribution in [-0.2, 0) is 20.8 Å². The van der Waals surface area contributed by atoms with Crippen LogP contribution in [0.25, 0.3) is 0 Å². The van der Waals surface area contributed by atoms with E-state index in [9.17, 15) is 48.0 Å². The van der Waals surface area contributed by atoms with Crippen molar-refractivity contribution >= 4 is 36.8 Å². The van der Waals surface area contributed by atoms with E-state index in [0.29, 0.717) is 10.5 Å². The molecule has 1 fully saturated rings. The minimum atomic E-state index is -2.03. The third-order valence-corrected chi connectivity index (χ3v) is 6.56. The SMILES string of the molecule is NCCN1CCN(C(=O)N[C@H](C(=O)N[C@H]2Cc3cccc(C(=O)O)c3OB2O)c2ccc(O)c(F)c2F)C(=O)C1=O. The molecule has 0 aromatic heterocycles. The number of hydrogen-bond donors (Lipinski definition) is 6. The van der Waals surface area contributed by atoms with Gasteiger partial charge < -0.3 is 41.2 Å². The number of nitrogens with two attached hydrogens (primary N) is 1. The number of phenolic OH excluding ortho intramolecular Hbond substituents is 1. The quantitative estimate of drug-likeness (QED) is 0.173. The van der Waals surface area contributed by atoms with E-state index >= 15 is 0 Å². The van der Waals surface area contributed by atoms with E-state index < -0.39 is 71.8 Å². The third kappa shape index (κ3) is 5.76. The molecule has 0 aliphatic carbocycles. The van der Waals surface area contributed by atoms with Gasteiger partial charge in [0.1, 0.15) is 11.8 Å². The van der Waals surface area contributed by atoms with Gasteiger partial charge >= 0.3 is 30.9 Å². The van der Waals surface area contributed by atoms with Gasteiger partial charge in [0.2, 0.25) is 11.7 Å². The Morgan fingerprint density at radius 1 is 1.12 bits per heavy atom. The number of amides is 5. The molecule has 2 heterocycles. The average Bonchev–Trinajstić information content (AvgIpc) is 2.93. The predicted molar refractivity (Wildman–Crippen MR) is 134 cm³/mol. The number of fused-ring (bicyclic) bond motifs is 1. The van der Waals surface area contributed by atoms with Gasteiger partial charge in [-0.05, 0) is 30.2 Å². The summed E-state index contributed by atoms with van der Waals surface area (Å²) in [5, 5.41) is 33.8. The average molecular weight is 575 g/mol. The lowest BCUT2D eigenvalue weighted by atomic mass is 9.72. The van der Waals surface area contributed by atoms with Crippen LogP contribution in [0.5, 0.6) is 11.5 Å². The van der Waals surface area contributed by atoms with Crippen molar-refractivity contribution in [3.63, 3.8) is 0 Å². The number of nitrogens with zero attached hydrogens (tertiary/aromatic N) is 2. The summed E-state index contributed by atoms with van der Waals surface area (Å²) < 4.78 is 34.4. The Balaban J connectivity index is 1.60. The molecule has 2 aliphatic rings. The summed E-state index contributed by atoms with van der Waals surface area (Å²) in [5.74, 6) is -10.6. The Kier molecular flexibility index (Phi) is 8.39. The summed E-state index contributed by atoms with van der Waals surface area (Å²) in [6.07, 6.45) is -0.146. The number of hydrogen-bond acceptors (Lipinski definition) is 9. The van der Waals surface area contributed by atoms with Crippen LogP contribution in [0.4, 0.5) is 13.6 Å². The maximum Gasteiger partial charge on any atom is 0.547 e. The molecule has 1 saturated heterocycles. The van der Waals surface area contributed by atoms with Gasteiger partial charge in [-0.3, -0.25) is 19.3 Å². The zero-order valence-electron chi connectivity index (χ0n) is 21.2. The number of aromatic carboxylic acids is 1. The maximum atomic E-state index is 14.9. The van der Waals surface area contributed by atoms with E-state index in [1.165, 1.54) is 18.2 Å². The van der Waals surface area contributed by atoms with Crippen LogP contribution in [0.15, 0.2) is 30.3 Å². The van der Waals surface area contributed by atoms with Crippen LogP contribution < -0.4 is 21.0 Å². The fourth-order valence-electron chi connectivity index (χ4n) is 4.48. The first-order valence-corrected chi connectivity index (χ1v) is 12.2. The summed E-state index contributed by atoms with van der Waals surface area (Å²) in [7, 11) is -1.78. The van der Waals surface area contributed by atoms with E-state index in [1.54, 1.807) is 0 Å². The highest BCUT2D eigenvalue weighted by molar-refractivity contribution is 6.47. The molecule has 14 nitrogen and oxygen atoms in total. The maximum absolute atomic E-state index is 14.9. The lowest BCUT2D eigenvalue weighted by Gasteiger charge is -2.33. The monoisotopic (exact) mass is 575 g/mol. The first kappa shape index (κ1) is 29.2. The van der Waals surface area contributed by atoms with Gasteiger partial charge in [-0.15, -0.1) is 0 Å². The molecular formula is C24H24BF2N5O9. The number of carbonyl (C=O) groups is 5. The van der Waals surface area contributed by atoms with Crippen LogP contribution in [0.3, 0.4) is 0 Å². The summed E-state index contributed by atoms with van der Waals surface area (Å²) in [4.78, 5) is 64.3. The van der Waals surface area contributed by atoms with Gasteiger partial charge in [-0.25, -0.2) is 14.0 Å². The fraction of sp³-hybridized carbons (Fsp3) is 0.292. The van der Waals surface area contributed by atoms with E-state index in [-0.39, 0.29) is 43.9 Å². The van der Waals surface area contributed by atoms with Gasteiger partial charge in [0.05, 0.1) is 11.5 Å². The number of carbonyl (C=O) groups excluding carboxylic acids is 4. The molecule has 0 unspecified atom stereocenters. The van der Waals surface area contributed by atoms with Crippen molar-refractivity contribution in [2.24, 2.45) is 5.73 Å². The molecule has 7 N–H and O–H groups in total. The topological polar surface area (TPSA) is 212 Å². The molecular weight excluding hydrogens is 551 g/mol. The molecule has 2 aromatic rings. The molecule has 2 atom stereocenters. The van der Waals surface area contributed by atoms with Crippen molar-refractivity contribution in [1.29, 1.82) is 0 Å². The normalized spacial score (nSPS) is 17.5. The second kappa shape index (κ2) is 11.8. The van der Waals surface area contributed by atoms with Crippen molar-refractivity contribution in [1.82, 2.24) is 20.4 Å². The number of aromatic hydroxyl groups is 1. The molecule has 0 radical (unpaired) electrons. The number of halogens is 2. The Morgan fingerprint density at radius 2 is 1.85 bits per heavy atom. The number of benzene rings is 2. The van der Waals surface area contributed by atoms with Gasteiger partial charge in [0.25, 0.3) is 0 Å². The first-order chi connectivity index (χ1) is 19.4. The van der Waals surface area contributed by atoms with E-state index in [4.69, 9.17) is 10.4 Å². The molecule has 2 aromatic carbocycles. The second-order valence-corrected chi connectivity index (χ2v) is 9.15. The van der Waals surface area contributed by atoms with Crippen molar-refractivity contribution in [2.75, 3.05) is 26.2 Å². The van der Waals surface area contributed by atoms with Crippen molar-refractivity contribution in [3.8, 4) is 11.5 Å². The predicted octanol–water partition coefficient (Wildman–Crippen LogP) is -1.11. The Morgan fingerprint density at radius 3 is 2.54 bits per heavy atom. The molecule has 216 valence electrons. The third-order valence-electron chi connectivity index (χ3n) is 6.56. The molecule has 2 aliphatic heterocycles. The first-order valence-electron chi connectivity index (χ1n) is 12.2. The minimum Gasteiger partial charge on any atom is -0.534 e. The Hall–Kier alpha value is -4.77. The zero-order chi connectivity index (χ0) is 30.0. The number of urea groups is 1. The highest BCUT2D eigenvalue weighted by Gasteiger charge is 2.41. The molecule has 17 heteroatoms. The van der Waals surface area contributed by atoms with E-state index in [1.807, 2.05) is 0 Å². The van der Waals surface area contributed by atoms with Gasteiger partial charge in [-0.2, -0.15) is 4.39 Å². The summed E-state index contributed by atoms with van der Waals surface area (Å²) in [6.45, 7) is -0.212.